The summed E-state index contributed by atoms with van der Waals surface area (Å²) in [5.41, 5.74) is 1.38. The van der Waals surface area contributed by atoms with E-state index in [1.807, 2.05) is 31.2 Å². The largest absolute Gasteiger partial charge is 0.333 e. The zero-order valence-electron chi connectivity index (χ0n) is 16.0. The number of fused-ring (bicyclic) bond motifs is 1. The van der Waals surface area contributed by atoms with E-state index in [1.165, 1.54) is 0 Å². The molecule has 2 amide bonds. The van der Waals surface area contributed by atoms with Crippen LogP contribution in [0.1, 0.15) is 24.8 Å². The Bertz CT molecular complexity index is 989. The van der Waals surface area contributed by atoms with Crippen molar-refractivity contribution in [3.63, 3.8) is 0 Å². The number of hydrogen-bond donors (Lipinski definition) is 1. The van der Waals surface area contributed by atoms with Gasteiger partial charge in [0.1, 0.15) is 0 Å². The van der Waals surface area contributed by atoms with E-state index in [1.54, 1.807) is 34.4 Å². The molecule has 0 radical (unpaired) electrons. The number of hydrogen-bond acceptors (Lipinski definition) is 4. The first-order valence-electron chi connectivity index (χ1n) is 9.33. The van der Waals surface area contributed by atoms with Crippen molar-refractivity contribution >= 4 is 62.3 Å². The van der Waals surface area contributed by atoms with Gasteiger partial charge < -0.3 is 10.2 Å². The van der Waals surface area contributed by atoms with Crippen molar-refractivity contribution in [3.05, 3.63) is 57.5 Å². The number of halogens is 2. The minimum absolute atomic E-state index is 0.0324. The van der Waals surface area contributed by atoms with Gasteiger partial charge in [0.2, 0.25) is 11.8 Å². The third-order valence-electron chi connectivity index (χ3n) is 4.27. The molecule has 0 atom stereocenters. The van der Waals surface area contributed by atoms with Gasteiger partial charge in [-0.25, -0.2) is 4.98 Å². The summed E-state index contributed by atoms with van der Waals surface area (Å²) in [6.07, 6.45) is 1.63. The Balaban J connectivity index is 1.59. The molecule has 8 heteroatoms. The Labute approximate surface area is 183 Å². The maximum absolute atomic E-state index is 12.7. The Morgan fingerprint density at radius 3 is 2.72 bits per heavy atom. The summed E-state index contributed by atoms with van der Waals surface area (Å²) in [4.78, 5) is 31.3. The van der Waals surface area contributed by atoms with Crippen molar-refractivity contribution in [2.24, 2.45) is 0 Å². The lowest BCUT2D eigenvalue weighted by Gasteiger charge is -2.21. The van der Waals surface area contributed by atoms with E-state index in [4.69, 9.17) is 23.2 Å². The topological polar surface area (TPSA) is 62.3 Å². The molecule has 5 nitrogen and oxygen atoms in total. The number of amides is 2. The van der Waals surface area contributed by atoms with Crippen molar-refractivity contribution < 1.29 is 9.59 Å². The summed E-state index contributed by atoms with van der Waals surface area (Å²) in [5, 5.41) is 4.52. The van der Waals surface area contributed by atoms with Crippen molar-refractivity contribution in [1.29, 1.82) is 0 Å². The second-order valence-electron chi connectivity index (χ2n) is 6.56. The summed E-state index contributed by atoms with van der Waals surface area (Å²) in [5.74, 6) is -0.380. The molecule has 3 aromatic rings. The highest BCUT2D eigenvalue weighted by atomic mass is 35.5. The summed E-state index contributed by atoms with van der Waals surface area (Å²) in [6.45, 7) is 2.45. The molecular weight excluding hydrogens is 429 g/mol. The van der Waals surface area contributed by atoms with E-state index in [2.05, 4.69) is 10.3 Å². The van der Waals surface area contributed by atoms with Crippen LogP contribution in [-0.4, -0.2) is 34.8 Å². The molecule has 0 aliphatic rings. The normalized spacial score (nSPS) is 10.9. The van der Waals surface area contributed by atoms with Gasteiger partial charge in [-0.1, -0.05) is 42.3 Å². The van der Waals surface area contributed by atoms with Gasteiger partial charge in [-0.2, -0.15) is 0 Å². The first kappa shape index (κ1) is 21.6. The van der Waals surface area contributed by atoms with Gasteiger partial charge in [0.15, 0.2) is 0 Å². The molecule has 0 saturated carbocycles. The number of rotatable bonds is 8. The quantitative estimate of drug-likeness (QED) is 0.499. The number of para-hydroxylation sites is 1. The molecule has 0 saturated heterocycles. The average Bonchev–Trinajstić information content (AvgIpc) is 3.11. The molecule has 0 aliphatic carbocycles. The van der Waals surface area contributed by atoms with Gasteiger partial charge in [0.05, 0.1) is 32.5 Å². The zero-order chi connectivity index (χ0) is 20.8. The van der Waals surface area contributed by atoms with E-state index in [-0.39, 0.29) is 18.4 Å². The average molecular weight is 450 g/mol. The van der Waals surface area contributed by atoms with Crippen molar-refractivity contribution in [2.75, 3.05) is 18.4 Å². The molecule has 0 spiro atoms. The van der Waals surface area contributed by atoms with Crippen molar-refractivity contribution in [3.8, 4) is 0 Å². The van der Waals surface area contributed by atoms with Crippen LogP contribution in [0.15, 0.2) is 42.5 Å². The van der Waals surface area contributed by atoms with Gasteiger partial charge in [0, 0.05) is 24.4 Å². The van der Waals surface area contributed by atoms with Crippen LogP contribution in [0.4, 0.5) is 5.69 Å². The number of carbonyl (C=O) groups excluding carboxylic acids is 2. The van der Waals surface area contributed by atoms with Crippen LogP contribution in [0.5, 0.6) is 0 Å². The smallest absolute Gasteiger partial charge is 0.244 e. The van der Waals surface area contributed by atoms with Crippen molar-refractivity contribution in [1.82, 2.24) is 9.88 Å². The predicted molar refractivity (Wildman–Crippen MR) is 120 cm³/mol. The van der Waals surface area contributed by atoms with Gasteiger partial charge in [-0.15, -0.1) is 11.3 Å². The van der Waals surface area contributed by atoms with Crippen LogP contribution in [0.2, 0.25) is 10.0 Å². The van der Waals surface area contributed by atoms with E-state index in [9.17, 15) is 9.59 Å². The molecule has 2 aromatic carbocycles. The van der Waals surface area contributed by atoms with Crippen LogP contribution < -0.4 is 5.32 Å². The highest BCUT2D eigenvalue weighted by Crippen LogP contribution is 2.25. The highest BCUT2D eigenvalue weighted by Gasteiger charge is 2.18. The standard InChI is InChI=1S/C21H21Cl2N3O2S/c1-2-11-26(13-19(27)24-17-12-14(22)7-8-15(17)23)21(28)10-9-20-25-16-5-3-4-6-18(16)29-20/h3-8,12H,2,9-11,13H2,1H3,(H,24,27). The minimum Gasteiger partial charge on any atom is -0.333 e. The fraction of sp³-hybridized carbons (Fsp3) is 0.286. The summed E-state index contributed by atoms with van der Waals surface area (Å²) in [6, 6.07) is 12.8. The molecule has 1 N–H and O–H groups in total. The molecule has 1 aromatic heterocycles. The molecule has 0 aliphatic heterocycles. The fourth-order valence-electron chi connectivity index (χ4n) is 2.92. The molecule has 3 rings (SSSR count). The van der Waals surface area contributed by atoms with Gasteiger partial charge in [-0.3, -0.25) is 9.59 Å². The number of aryl methyl sites for hydroxylation is 1. The number of nitrogens with zero attached hydrogens (tertiary/aromatic N) is 2. The Hall–Kier alpha value is -2.15. The lowest BCUT2D eigenvalue weighted by atomic mass is 10.2. The number of thiazole rings is 1. The van der Waals surface area contributed by atoms with Crippen LogP contribution in [-0.2, 0) is 16.0 Å². The van der Waals surface area contributed by atoms with Gasteiger partial charge in [0.25, 0.3) is 0 Å². The zero-order valence-corrected chi connectivity index (χ0v) is 18.3. The number of anilines is 1. The molecule has 0 fully saturated rings. The van der Waals surface area contributed by atoms with Crippen LogP contribution >= 0.6 is 34.5 Å². The SMILES string of the molecule is CCCN(CC(=O)Nc1cc(Cl)ccc1Cl)C(=O)CCc1nc2ccccc2s1. The first-order chi connectivity index (χ1) is 14.0. The molecule has 152 valence electrons. The fourth-order valence-corrected chi connectivity index (χ4v) is 4.22. The minimum atomic E-state index is -0.309. The monoisotopic (exact) mass is 449 g/mol. The van der Waals surface area contributed by atoms with E-state index in [0.717, 1.165) is 21.6 Å². The third-order valence-corrected chi connectivity index (χ3v) is 5.93. The van der Waals surface area contributed by atoms with E-state index in [0.29, 0.717) is 35.1 Å². The van der Waals surface area contributed by atoms with Crippen LogP contribution in [0.25, 0.3) is 10.2 Å². The second kappa shape index (κ2) is 10.1. The predicted octanol–water partition coefficient (Wildman–Crippen LogP) is 5.41. The number of carbonyl (C=O) groups is 2. The number of nitrogens with one attached hydrogen (secondary N) is 1. The molecular formula is C21H21Cl2N3O2S. The second-order valence-corrected chi connectivity index (χ2v) is 8.52. The number of aromatic nitrogens is 1. The number of benzene rings is 2. The molecule has 1 heterocycles. The molecule has 29 heavy (non-hydrogen) atoms. The van der Waals surface area contributed by atoms with E-state index >= 15 is 0 Å². The lowest BCUT2D eigenvalue weighted by molar-refractivity contribution is -0.134. The molecule has 0 bridgehead atoms. The van der Waals surface area contributed by atoms with Crippen LogP contribution in [0.3, 0.4) is 0 Å². The van der Waals surface area contributed by atoms with Gasteiger partial charge >= 0.3 is 0 Å². The Morgan fingerprint density at radius 1 is 1.17 bits per heavy atom. The highest BCUT2D eigenvalue weighted by molar-refractivity contribution is 7.18. The third kappa shape index (κ3) is 5.92. The maximum atomic E-state index is 12.7. The summed E-state index contributed by atoms with van der Waals surface area (Å²) >= 11 is 13.6. The van der Waals surface area contributed by atoms with E-state index < -0.39 is 0 Å². The van der Waals surface area contributed by atoms with Crippen molar-refractivity contribution in [2.45, 2.75) is 26.2 Å². The molecule has 0 unspecified atom stereocenters. The summed E-state index contributed by atoms with van der Waals surface area (Å²) < 4.78 is 1.11. The lowest BCUT2D eigenvalue weighted by Crippen LogP contribution is -2.38. The van der Waals surface area contributed by atoms with Gasteiger partial charge in [-0.05, 0) is 36.8 Å². The summed E-state index contributed by atoms with van der Waals surface area (Å²) in [7, 11) is 0. The Kier molecular flexibility index (Phi) is 7.47. The Morgan fingerprint density at radius 2 is 1.97 bits per heavy atom. The van der Waals surface area contributed by atoms with Crippen LogP contribution in [0, 0.1) is 0 Å². The first-order valence-corrected chi connectivity index (χ1v) is 10.9. The maximum Gasteiger partial charge on any atom is 0.244 e.